The molecule has 2 aromatic carbocycles. The van der Waals surface area contributed by atoms with Crippen LogP contribution in [0.3, 0.4) is 0 Å². The average Bonchev–Trinajstić information content (AvgIpc) is 2.77. The smallest absolute Gasteiger partial charge is 0.272 e. The van der Waals surface area contributed by atoms with Crippen LogP contribution in [0.2, 0.25) is 5.02 Å². The zero-order chi connectivity index (χ0) is 22.5. The summed E-state index contributed by atoms with van der Waals surface area (Å²) in [7, 11) is 0. The zero-order valence-electron chi connectivity index (χ0n) is 18.5. The Hall–Kier alpha value is -2.70. The highest BCUT2D eigenvalue weighted by molar-refractivity contribution is 6.31. The highest BCUT2D eigenvalue weighted by Gasteiger charge is 2.21. The molecule has 0 aliphatic rings. The number of aromatic nitrogens is 2. The molecule has 7 heteroatoms. The fraction of sp³-hybridized carbons (Fsp3) is 0.375. The average molecular weight is 441 g/mol. The molecule has 1 amide bonds. The van der Waals surface area contributed by atoms with Gasteiger partial charge in [0.05, 0.1) is 17.1 Å². The molecule has 0 radical (unpaired) electrons. The molecule has 6 nitrogen and oxygen atoms in total. The fourth-order valence-electron chi connectivity index (χ4n) is 3.97. The van der Waals surface area contributed by atoms with E-state index in [2.05, 4.69) is 29.0 Å². The van der Waals surface area contributed by atoms with Gasteiger partial charge in [-0.15, -0.1) is 0 Å². The van der Waals surface area contributed by atoms with E-state index in [1.165, 1.54) is 0 Å². The number of carbonyl (C=O) groups is 1. The van der Waals surface area contributed by atoms with Gasteiger partial charge in [0.15, 0.2) is 0 Å². The molecule has 0 bridgehead atoms. The van der Waals surface area contributed by atoms with Gasteiger partial charge in [-0.05, 0) is 56.8 Å². The number of likely N-dealkylation sites (N-methyl/N-ethyl adjacent to an activating group) is 1. The standard InChI is InChI=1S/C24H29ClN4O2/c1-5-28(6-2)22(18-10-8-9-11-19(18)25)15-26-23(30)17-12-13-21-20(14-17)27-16(4)24(31)29(21)7-3/h8-14,22H,5-7,15H2,1-4H3,(H,26,30). The number of fused-ring (bicyclic) bond motifs is 1. The lowest BCUT2D eigenvalue weighted by Gasteiger charge is -2.31. The summed E-state index contributed by atoms with van der Waals surface area (Å²) in [5, 5.41) is 3.75. The molecule has 3 rings (SSSR count). The van der Waals surface area contributed by atoms with Gasteiger partial charge >= 0.3 is 0 Å². The number of nitrogens with zero attached hydrogens (tertiary/aromatic N) is 3. The van der Waals surface area contributed by atoms with Crippen LogP contribution in [0.25, 0.3) is 11.0 Å². The SMILES string of the molecule is CCN(CC)C(CNC(=O)c1ccc2c(c1)nc(C)c(=O)n2CC)c1ccccc1Cl. The molecule has 1 unspecified atom stereocenters. The minimum absolute atomic E-state index is 0.0289. The van der Waals surface area contributed by atoms with Crippen molar-refractivity contribution in [2.24, 2.45) is 0 Å². The summed E-state index contributed by atoms with van der Waals surface area (Å²) >= 11 is 6.46. The van der Waals surface area contributed by atoms with E-state index in [4.69, 9.17) is 11.6 Å². The first-order valence-corrected chi connectivity index (χ1v) is 11.1. The van der Waals surface area contributed by atoms with Crippen LogP contribution < -0.4 is 10.9 Å². The van der Waals surface area contributed by atoms with Crippen molar-refractivity contribution < 1.29 is 4.79 Å². The predicted molar refractivity (Wildman–Crippen MR) is 126 cm³/mol. The Labute approximate surface area is 187 Å². The van der Waals surface area contributed by atoms with Crippen molar-refractivity contribution in [3.63, 3.8) is 0 Å². The first-order chi connectivity index (χ1) is 14.9. The number of halogens is 1. The van der Waals surface area contributed by atoms with Gasteiger partial charge < -0.3 is 9.88 Å². The largest absolute Gasteiger partial charge is 0.350 e. The second-order valence-electron chi connectivity index (χ2n) is 7.42. The normalized spacial score (nSPS) is 12.3. The van der Waals surface area contributed by atoms with Crippen molar-refractivity contribution in [1.82, 2.24) is 19.8 Å². The summed E-state index contributed by atoms with van der Waals surface area (Å²) in [4.78, 5) is 31.9. The molecule has 1 aromatic heterocycles. The lowest BCUT2D eigenvalue weighted by atomic mass is 10.0. The third kappa shape index (κ3) is 4.81. The van der Waals surface area contributed by atoms with Crippen LogP contribution in [0, 0.1) is 6.92 Å². The molecular formula is C24H29ClN4O2. The van der Waals surface area contributed by atoms with Gasteiger partial charge in [0.25, 0.3) is 11.5 Å². The number of rotatable bonds is 8. The summed E-state index contributed by atoms with van der Waals surface area (Å²) in [5.41, 5.74) is 3.19. The van der Waals surface area contributed by atoms with E-state index < -0.39 is 0 Å². The van der Waals surface area contributed by atoms with Crippen molar-refractivity contribution in [2.45, 2.75) is 40.3 Å². The van der Waals surface area contributed by atoms with Gasteiger partial charge in [0.2, 0.25) is 0 Å². The Morgan fingerprint density at radius 1 is 1.16 bits per heavy atom. The first-order valence-electron chi connectivity index (χ1n) is 10.7. The molecule has 0 saturated carbocycles. The highest BCUT2D eigenvalue weighted by Crippen LogP contribution is 2.27. The zero-order valence-corrected chi connectivity index (χ0v) is 19.2. The number of amides is 1. The maximum atomic E-state index is 13.0. The summed E-state index contributed by atoms with van der Waals surface area (Å²) in [5.74, 6) is -0.181. The minimum atomic E-state index is -0.181. The Balaban J connectivity index is 1.87. The number of hydrogen-bond acceptors (Lipinski definition) is 4. The summed E-state index contributed by atoms with van der Waals surface area (Å²) in [6, 6.07) is 13.0. The minimum Gasteiger partial charge on any atom is -0.350 e. The maximum absolute atomic E-state index is 13.0. The van der Waals surface area contributed by atoms with E-state index in [1.54, 1.807) is 29.7 Å². The van der Waals surface area contributed by atoms with Crippen LogP contribution in [0.1, 0.15) is 48.4 Å². The second kappa shape index (κ2) is 10.1. The van der Waals surface area contributed by atoms with E-state index >= 15 is 0 Å². The van der Waals surface area contributed by atoms with Crippen LogP contribution in [0.15, 0.2) is 47.3 Å². The molecule has 0 fully saturated rings. The molecule has 164 valence electrons. The first kappa shape index (κ1) is 23.0. The van der Waals surface area contributed by atoms with Gasteiger partial charge in [0.1, 0.15) is 5.69 Å². The molecule has 0 saturated heterocycles. The van der Waals surface area contributed by atoms with Crippen molar-refractivity contribution in [3.05, 3.63) is 74.7 Å². The second-order valence-corrected chi connectivity index (χ2v) is 7.83. The Bertz CT molecular complexity index is 1140. The van der Waals surface area contributed by atoms with Gasteiger partial charge in [0, 0.05) is 23.7 Å². The molecule has 1 atom stereocenters. The number of hydrogen-bond donors (Lipinski definition) is 1. The Kier molecular flexibility index (Phi) is 7.46. The molecule has 0 aliphatic carbocycles. The molecule has 1 N–H and O–H groups in total. The topological polar surface area (TPSA) is 67.2 Å². The summed E-state index contributed by atoms with van der Waals surface area (Å²) < 4.78 is 1.67. The summed E-state index contributed by atoms with van der Waals surface area (Å²) in [6.45, 7) is 10.5. The quantitative estimate of drug-likeness (QED) is 0.570. The maximum Gasteiger partial charge on any atom is 0.272 e. The highest BCUT2D eigenvalue weighted by atomic mass is 35.5. The summed E-state index contributed by atoms with van der Waals surface area (Å²) in [6.07, 6.45) is 0. The van der Waals surface area contributed by atoms with E-state index in [0.717, 1.165) is 24.2 Å². The van der Waals surface area contributed by atoms with Crippen LogP contribution in [-0.2, 0) is 6.54 Å². The van der Waals surface area contributed by atoms with E-state index in [1.807, 2.05) is 31.2 Å². The molecule has 0 aliphatic heterocycles. The fourth-order valence-corrected chi connectivity index (χ4v) is 4.23. The van der Waals surface area contributed by atoms with Crippen LogP contribution in [-0.4, -0.2) is 40.0 Å². The van der Waals surface area contributed by atoms with Gasteiger partial charge in [-0.25, -0.2) is 4.98 Å². The van der Waals surface area contributed by atoms with Crippen LogP contribution in [0.5, 0.6) is 0 Å². The van der Waals surface area contributed by atoms with E-state index in [-0.39, 0.29) is 17.5 Å². The number of aryl methyl sites for hydroxylation is 2. The molecule has 1 heterocycles. The van der Waals surface area contributed by atoms with E-state index in [0.29, 0.717) is 34.9 Å². The van der Waals surface area contributed by atoms with Crippen molar-refractivity contribution in [1.29, 1.82) is 0 Å². The number of carbonyl (C=O) groups excluding carboxylic acids is 1. The lowest BCUT2D eigenvalue weighted by molar-refractivity contribution is 0.0935. The third-order valence-electron chi connectivity index (χ3n) is 5.66. The Morgan fingerprint density at radius 3 is 2.52 bits per heavy atom. The monoisotopic (exact) mass is 440 g/mol. The third-order valence-corrected chi connectivity index (χ3v) is 6.00. The van der Waals surface area contributed by atoms with Gasteiger partial charge in [-0.2, -0.15) is 0 Å². The van der Waals surface area contributed by atoms with E-state index in [9.17, 15) is 9.59 Å². The van der Waals surface area contributed by atoms with Crippen molar-refractivity contribution >= 4 is 28.5 Å². The Morgan fingerprint density at radius 2 is 1.87 bits per heavy atom. The lowest BCUT2D eigenvalue weighted by Crippen LogP contribution is -2.38. The van der Waals surface area contributed by atoms with Crippen molar-refractivity contribution in [3.8, 4) is 0 Å². The van der Waals surface area contributed by atoms with Crippen LogP contribution in [0.4, 0.5) is 0 Å². The molecular weight excluding hydrogens is 412 g/mol. The molecule has 0 spiro atoms. The molecule has 31 heavy (non-hydrogen) atoms. The van der Waals surface area contributed by atoms with Crippen LogP contribution >= 0.6 is 11.6 Å². The van der Waals surface area contributed by atoms with Gasteiger partial charge in [-0.1, -0.05) is 43.6 Å². The molecule has 3 aromatic rings. The van der Waals surface area contributed by atoms with Crippen molar-refractivity contribution in [2.75, 3.05) is 19.6 Å². The number of benzene rings is 2. The number of nitrogens with one attached hydrogen (secondary N) is 1. The predicted octanol–water partition coefficient (Wildman–Crippen LogP) is 4.19. The van der Waals surface area contributed by atoms with Gasteiger partial charge in [-0.3, -0.25) is 14.5 Å².